The number of hydrogen-bond donors (Lipinski definition) is 0. The van der Waals surface area contributed by atoms with E-state index in [1.54, 1.807) is 7.11 Å². The quantitative estimate of drug-likeness (QED) is 0.674. The van der Waals surface area contributed by atoms with E-state index in [4.69, 9.17) is 14.7 Å². The molecule has 4 rings (SSSR count). The third-order valence-electron chi connectivity index (χ3n) is 4.23. The van der Waals surface area contributed by atoms with Crippen molar-refractivity contribution in [1.82, 2.24) is 9.97 Å². The number of nitrogens with zero attached hydrogens (tertiary/aromatic N) is 2. The Balaban J connectivity index is 1.86. The molecule has 0 bridgehead atoms. The molecule has 2 aromatic carbocycles. The van der Waals surface area contributed by atoms with Crippen LogP contribution in [0.4, 0.5) is 0 Å². The Morgan fingerprint density at radius 1 is 0.800 bits per heavy atom. The highest BCUT2D eigenvalue weighted by Gasteiger charge is 2.14. The number of rotatable bonds is 4. The Morgan fingerprint density at radius 3 is 2.32 bits per heavy atom. The number of aromatic nitrogens is 2. The molecular weight excluding hydrogens is 308 g/mol. The van der Waals surface area contributed by atoms with Crippen LogP contribution >= 0.6 is 0 Å². The molecule has 0 unspecified atom stereocenters. The zero-order chi connectivity index (χ0) is 17.1. The highest BCUT2D eigenvalue weighted by Crippen LogP contribution is 2.29. The molecule has 25 heavy (non-hydrogen) atoms. The summed E-state index contributed by atoms with van der Waals surface area (Å²) in [5, 5.41) is 0. The summed E-state index contributed by atoms with van der Waals surface area (Å²) in [5.41, 5.74) is 3.96. The number of allylic oxidation sites excluding steroid dienone is 4. The highest BCUT2D eigenvalue weighted by atomic mass is 16.5. The van der Waals surface area contributed by atoms with Crippen molar-refractivity contribution >= 4 is 0 Å². The van der Waals surface area contributed by atoms with Crippen molar-refractivity contribution in [1.29, 1.82) is 0 Å². The van der Waals surface area contributed by atoms with Crippen molar-refractivity contribution in [3.8, 4) is 28.4 Å². The molecule has 1 heterocycles. The van der Waals surface area contributed by atoms with E-state index in [1.165, 1.54) is 0 Å². The van der Waals surface area contributed by atoms with E-state index in [2.05, 4.69) is 42.5 Å². The molecule has 1 aliphatic carbocycles. The van der Waals surface area contributed by atoms with Gasteiger partial charge in [0.25, 0.3) is 0 Å². The normalized spacial score (nSPS) is 13.3. The first-order valence-corrected chi connectivity index (χ1v) is 8.27. The summed E-state index contributed by atoms with van der Waals surface area (Å²) in [4.78, 5) is 9.62. The van der Waals surface area contributed by atoms with Crippen molar-refractivity contribution in [3.05, 3.63) is 90.7 Å². The van der Waals surface area contributed by atoms with Gasteiger partial charge in [0.1, 0.15) is 5.75 Å². The van der Waals surface area contributed by atoms with Crippen LogP contribution in [-0.4, -0.2) is 17.1 Å². The maximum Gasteiger partial charge on any atom is 0.160 e. The van der Waals surface area contributed by atoms with Gasteiger partial charge in [0, 0.05) is 17.0 Å². The molecule has 0 saturated carbocycles. The van der Waals surface area contributed by atoms with Gasteiger partial charge in [-0.05, 0) is 18.2 Å². The van der Waals surface area contributed by atoms with Gasteiger partial charge in [-0.3, -0.25) is 0 Å². The van der Waals surface area contributed by atoms with E-state index < -0.39 is 0 Å². The third-order valence-corrected chi connectivity index (χ3v) is 4.23. The first kappa shape index (κ1) is 15.3. The van der Waals surface area contributed by atoms with Gasteiger partial charge >= 0.3 is 0 Å². The van der Waals surface area contributed by atoms with Gasteiger partial charge in [-0.1, -0.05) is 66.8 Å². The first-order chi connectivity index (χ1) is 12.3. The lowest BCUT2D eigenvalue weighted by atomic mass is 10.0. The maximum atomic E-state index is 5.34. The molecule has 0 radical (unpaired) electrons. The van der Waals surface area contributed by atoms with Gasteiger partial charge in [0.05, 0.1) is 18.5 Å². The Hall–Kier alpha value is -3.20. The Morgan fingerprint density at radius 2 is 1.56 bits per heavy atom. The average Bonchev–Trinajstić information content (AvgIpc) is 3.23. The fourth-order valence-electron chi connectivity index (χ4n) is 2.91. The topological polar surface area (TPSA) is 35.0 Å². The second kappa shape index (κ2) is 6.73. The smallest absolute Gasteiger partial charge is 0.160 e. The lowest BCUT2D eigenvalue weighted by molar-refractivity contribution is 0.415. The molecule has 0 fully saturated rings. The van der Waals surface area contributed by atoms with E-state index in [0.717, 1.165) is 28.3 Å². The van der Waals surface area contributed by atoms with Gasteiger partial charge in [-0.15, -0.1) is 0 Å². The lowest BCUT2D eigenvalue weighted by Crippen LogP contribution is -2.01. The average molecular weight is 326 g/mol. The van der Waals surface area contributed by atoms with Crippen LogP contribution in [0.5, 0.6) is 5.75 Å². The largest absolute Gasteiger partial charge is 0.497 e. The Labute approximate surface area is 147 Å². The van der Waals surface area contributed by atoms with Gasteiger partial charge in [0.15, 0.2) is 5.82 Å². The van der Waals surface area contributed by atoms with Crippen molar-refractivity contribution < 1.29 is 4.74 Å². The summed E-state index contributed by atoms with van der Waals surface area (Å²) in [6, 6.07) is 20.1. The minimum absolute atomic E-state index is 0.190. The molecule has 122 valence electrons. The first-order valence-electron chi connectivity index (χ1n) is 8.27. The molecule has 0 amide bonds. The van der Waals surface area contributed by atoms with Crippen LogP contribution in [0.1, 0.15) is 11.6 Å². The highest BCUT2D eigenvalue weighted by molar-refractivity contribution is 5.65. The number of ether oxygens (including phenoxy) is 1. The van der Waals surface area contributed by atoms with E-state index in [-0.39, 0.29) is 5.92 Å². The van der Waals surface area contributed by atoms with E-state index in [0.29, 0.717) is 5.82 Å². The maximum absolute atomic E-state index is 5.34. The van der Waals surface area contributed by atoms with E-state index in [1.807, 2.05) is 42.5 Å². The summed E-state index contributed by atoms with van der Waals surface area (Å²) in [6.45, 7) is 0. The van der Waals surface area contributed by atoms with Crippen molar-refractivity contribution in [2.24, 2.45) is 0 Å². The zero-order valence-corrected chi connectivity index (χ0v) is 14.0. The molecule has 0 saturated heterocycles. The monoisotopic (exact) mass is 326 g/mol. The summed E-state index contributed by atoms with van der Waals surface area (Å²) in [5.74, 6) is 1.70. The molecule has 0 spiro atoms. The molecule has 1 aliphatic rings. The van der Waals surface area contributed by atoms with Crippen molar-refractivity contribution in [3.63, 3.8) is 0 Å². The SMILES string of the molecule is COc1cccc(-c2nc(-c3ccccc3)cc(C3C=CC=C3)n2)c1. The molecule has 3 nitrogen and oxygen atoms in total. The van der Waals surface area contributed by atoms with Crippen LogP contribution in [0, 0.1) is 0 Å². The molecular formula is C22H18N2O. The predicted octanol–water partition coefficient (Wildman–Crippen LogP) is 5.03. The van der Waals surface area contributed by atoms with Crippen LogP contribution in [0.3, 0.4) is 0 Å². The van der Waals surface area contributed by atoms with Gasteiger partial charge in [-0.2, -0.15) is 0 Å². The van der Waals surface area contributed by atoms with Gasteiger partial charge < -0.3 is 4.74 Å². The summed E-state index contributed by atoms with van der Waals surface area (Å²) < 4.78 is 5.34. The summed E-state index contributed by atoms with van der Waals surface area (Å²) in [6.07, 6.45) is 8.40. The summed E-state index contributed by atoms with van der Waals surface area (Å²) in [7, 11) is 1.67. The van der Waals surface area contributed by atoms with Crippen LogP contribution in [0.2, 0.25) is 0 Å². The minimum atomic E-state index is 0.190. The van der Waals surface area contributed by atoms with Crippen LogP contribution in [0.25, 0.3) is 22.6 Å². The van der Waals surface area contributed by atoms with E-state index in [9.17, 15) is 0 Å². The predicted molar refractivity (Wildman–Crippen MR) is 100 cm³/mol. The zero-order valence-electron chi connectivity index (χ0n) is 14.0. The Bertz CT molecular complexity index is 933. The minimum Gasteiger partial charge on any atom is -0.497 e. The standard InChI is InChI=1S/C22H18N2O/c1-25-19-13-7-12-18(14-19)22-23-20(16-8-3-2-4-9-16)15-21(24-22)17-10-5-6-11-17/h2-15,17H,1H3. The fourth-order valence-corrected chi connectivity index (χ4v) is 2.91. The number of benzene rings is 2. The molecule has 3 heteroatoms. The molecule has 0 aliphatic heterocycles. The van der Waals surface area contributed by atoms with Crippen LogP contribution in [-0.2, 0) is 0 Å². The molecule has 0 N–H and O–H groups in total. The number of hydrogen-bond acceptors (Lipinski definition) is 3. The van der Waals surface area contributed by atoms with E-state index >= 15 is 0 Å². The number of methoxy groups -OCH3 is 1. The molecule has 1 aromatic heterocycles. The van der Waals surface area contributed by atoms with Crippen molar-refractivity contribution in [2.45, 2.75) is 5.92 Å². The fraction of sp³-hybridized carbons (Fsp3) is 0.0909. The van der Waals surface area contributed by atoms with Gasteiger partial charge in [-0.25, -0.2) is 9.97 Å². The molecule has 3 aromatic rings. The summed E-state index contributed by atoms with van der Waals surface area (Å²) >= 11 is 0. The van der Waals surface area contributed by atoms with Gasteiger partial charge in [0.2, 0.25) is 0 Å². The van der Waals surface area contributed by atoms with Crippen LogP contribution in [0.15, 0.2) is 85.0 Å². The molecule has 0 atom stereocenters. The Kier molecular flexibility index (Phi) is 4.13. The van der Waals surface area contributed by atoms with Crippen molar-refractivity contribution in [2.75, 3.05) is 7.11 Å². The third kappa shape index (κ3) is 3.22. The second-order valence-electron chi connectivity index (χ2n) is 5.90. The second-order valence-corrected chi connectivity index (χ2v) is 5.90. The van der Waals surface area contributed by atoms with Crippen LogP contribution < -0.4 is 4.74 Å². The lowest BCUT2D eigenvalue weighted by Gasteiger charge is -2.12.